The van der Waals surface area contributed by atoms with Crippen LogP contribution in [-0.4, -0.2) is 17.3 Å². The molecule has 1 aromatic heterocycles. The first-order valence-electron chi connectivity index (χ1n) is 6.51. The van der Waals surface area contributed by atoms with Crippen molar-refractivity contribution in [3.8, 4) is 0 Å². The van der Waals surface area contributed by atoms with Crippen LogP contribution in [0.5, 0.6) is 0 Å². The van der Waals surface area contributed by atoms with E-state index in [0.717, 1.165) is 3.97 Å². The molecule has 22 heavy (non-hydrogen) atoms. The van der Waals surface area contributed by atoms with E-state index in [2.05, 4.69) is 0 Å². The molecule has 0 aliphatic rings. The highest BCUT2D eigenvalue weighted by Gasteiger charge is 2.22. The van der Waals surface area contributed by atoms with Crippen molar-refractivity contribution in [2.24, 2.45) is 0 Å². The molecule has 0 amide bonds. The molecule has 0 unspecified atom stereocenters. The van der Waals surface area contributed by atoms with Gasteiger partial charge in [-0.1, -0.05) is 42.5 Å². The lowest BCUT2D eigenvalue weighted by atomic mass is 10.2. The summed E-state index contributed by atoms with van der Waals surface area (Å²) in [6.45, 7) is 0. The van der Waals surface area contributed by atoms with Crippen LogP contribution in [0.1, 0.15) is 5.56 Å². The summed E-state index contributed by atoms with van der Waals surface area (Å²) >= 11 is 0. The average Bonchev–Trinajstić information content (AvgIpc) is 2.92. The Morgan fingerprint density at radius 2 is 1.73 bits per heavy atom. The van der Waals surface area contributed by atoms with E-state index in [1.165, 1.54) is 18.3 Å². The van der Waals surface area contributed by atoms with Gasteiger partial charge in [0.1, 0.15) is 5.52 Å². The van der Waals surface area contributed by atoms with Crippen LogP contribution in [0.4, 0.5) is 5.69 Å². The van der Waals surface area contributed by atoms with E-state index < -0.39 is 14.9 Å². The first-order chi connectivity index (χ1) is 10.5. The van der Waals surface area contributed by atoms with E-state index in [1.54, 1.807) is 42.5 Å². The Morgan fingerprint density at radius 1 is 1.00 bits per heavy atom. The van der Waals surface area contributed by atoms with Gasteiger partial charge in [-0.15, -0.1) is 0 Å². The highest BCUT2D eigenvalue weighted by molar-refractivity contribution is 7.89. The van der Waals surface area contributed by atoms with Crippen LogP contribution in [0, 0.1) is 10.1 Å². The molecule has 0 saturated heterocycles. The Balaban J connectivity index is 2.15. The number of nitrogens with zero attached hydrogens (tertiary/aromatic N) is 2. The first kappa shape index (κ1) is 14.3. The van der Waals surface area contributed by atoms with E-state index in [9.17, 15) is 18.5 Å². The van der Waals surface area contributed by atoms with Crippen LogP contribution >= 0.6 is 0 Å². The molecule has 0 radical (unpaired) electrons. The van der Waals surface area contributed by atoms with Crippen molar-refractivity contribution in [3.63, 3.8) is 0 Å². The van der Waals surface area contributed by atoms with Crippen molar-refractivity contribution in [2.75, 3.05) is 0 Å². The third kappa shape index (κ3) is 2.46. The van der Waals surface area contributed by atoms with Crippen LogP contribution < -0.4 is 0 Å². The average molecular weight is 316 g/mol. The minimum atomic E-state index is -3.74. The number of hydrogen-bond acceptors (Lipinski definition) is 4. The molecule has 0 N–H and O–H groups in total. The van der Waals surface area contributed by atoms with Gasteiger partial charge in [-0.2, -0.15) is 0 Å². The van der Waals surface area contributed by atoms with E-state index in [4.69, 9.17) is 0 Å². The van der Waals surface area contributed by atoms with Gasteiger partial charge < -0.3 is 0 Å². The molecule has 0 saturated carbocycles. The second-order valence-electron chi connectivity index (χ2n) is 4.83. The fourth-order valence-electron chi connectivity index (χ4n) is 2.38. The molecule has 0 spiro atoms. The van der Waals surface area contributed by atoms with Crippen LogP contribution in [0.3, 0.4) is 0 Å². The largest absolute Gasteiger partial charge is 0.294 e. The molecular weight excluding hydrogens is 304 g/mol. The van der Waals surface area contributed by atoms with Crippen molar-refractivity contribution in [1.82, 2.24) is 3.97 Å². The van der Waals surface area contributed by atoms with Crippen LogP contribution in [0.2, 0.25) is 0 Å². The highest BCUT2D eigenvalue weighted by atomic mass is 32.2. The van der Waals surface area contributed by atoms with Gasteiger partial charge in [0.15, 0.2) is 0 Å². The summed E-state index contributed by atoms with van der Waals surface area (Å²) < 4.78 is 26.2. The zero-order valence-corrected chi connectivity index (χ0v) is 12.2. The fraction of sp³-hybridized carbons (Fsp3) is 0.0667. The fourth-order valence-corrected chi connectivity index (χ4v) is 3.86. The Bertz CT molecular complexity index is 946. The summed E-state index contributed by atoms with van der Waals surface area (Å²) in [5, 5.41) is 11.7. The molecule has 0 aliphatic carbocycles. The van der Waals surface area contributed by atoms with Gasteiger partial charge in [0.05, 0.1) is 10.7 Å². The quantitative estimate of drug-likeness (QED) is 0.547. The number of nitro benzene ring substituents is 1. The number of para-hydroxylation sites is 1. The summed E-state index contributed by atoms with van der Waals surface area (Å²) in [5.41, 5.74) is 0.505. The van der Waals surface area contributed by atoms with Crippen molar-refractivity contribution >= 4 is 26.6 Å². The number of fused-ring (bicyclic) bond motifs is 1. The van der Waals surface area contributed by atoms with Crippen LogP contribution in [-0.2, 0) is 15.8 Å². The standard InChI is InChI=1S/C15H12N2O4S/c18-17(19)14-8-4-7-13-9-10-16(15(13)14)22(20,21)11-12-5-2-1-3-6-12/h1-10H,11H2. The number of rotatable bonds is 4. The van der Waals surface area contributed by atoms with Gasteiger partial charge >= 0.3 is 0 Å². The molecule has 0 fully saturated rings. The molecule has 3 rings (SSSR count). The summed E-state index contributed by atoms with van der Waals surface area (Å²) in [6.07, 6.45) is 1.36. The summed E-state index contributed by atoms with van der Waals surface area (Å²) in [4.78, 5) is 10.6. The number of nitro groups is 1. The van der Waals surface area contributed by atoms with Crippen LogP contribution in [0.15, 0.2) is 60.8 Å². The Morgan fingerprint density at radius 3 is 2.41 bits per heavy atom. The molecule has 2 aromatic carbocycles. The summed E-state index contributed by atoms with van der Waals surface area (Å²) in [7, 11) is -3.74. The number of aromatic nitrogens is 1. The molecule has 0 atom stereocenters. The number of non-ortho nitro benzene ring substituents is 1. The molecule has 3 aromatic rings. The topological polar surface area (TPSA) is 82.2 Å². The minimum absolute atomic E-state index is 0.100. The van der Waals surface area contributed by atoms with Gasteiger partial charge in [-0.25, -0.2) is 12.4 Å². The monoisotopic (exact) mass is 316 g/mol. The van der Waals surface area contributed by atoms with Crippen molar-refractivity contribution < 1.29 is 13.3 Å². The van der Waals surface area contributed by atoms with Crippen molar-refractivity contribution in [2.45, 2.75) is 5.75 Å². The Kier molecular flexibility index (Phi) is 3.42. The summed E-state index contributed by atoms with van der Waals surface area (Å²) in [6, 6.07) is 14.8. The Labute approximate surface area is 126 Å². The third-order valence-corrected chi connectivity index (χ3v) is 4.95. The van der Waals surface area contributed by atoms with Crippen molar-refractivity contribution in [1.29, 1.82) is 0 Å². The number of hydrogen-bond donors (Lipinski definition) is 0. The first-order valence-corrected chi connectivity index (χ1v) is 8.11. The molecule has 6 nitrogen and oxygen atoms in total. The second kappa shape index (κ2) is 5.27. The predicted molar refractivity (Wildman–Crippen MR) is 83.1 cm³/mol. The molecule has 1 heterocycles. The lowest BCUT2D eigenvalue weighted by molar-refractivity contribution is -0.383. The SMILES string of the molecule is O=[N+]([O-])c1cccc2ccn(S(=O)(=O)Cc3ccccc3)c12. The van der Waals surface area contributed by atoms with E-state index in [0.29, 0.717) is 10.9 Å². The molecule has 0 bridgehead atoms. The molecule has 0 aliphatic heterocycles. The van der Waals surface area contributed by atoms with E-state index >= 15 is 0 Å². The summed E-state index contributed by atoms with van der Waals surface area (Å²) in [5.74, 6) is -0.219. The zero-order valence-electron chi connectivity index (χ0n) is 11.4. The number of benzene rings is 2. The lowest BCUT2D eigenvalue weighted by Gasteiger charge is -2.08. The normalized spacial score (nSPS) is 11.6. The lowest BCUT2D eigenvalue weighted by Crippen LogP contribution is -2.14. The maximum absolute atomic E-state index is 12.6. The van der Waals surface area contributed by atoms with Crippen molar-refractivity contribution in [3.05, 3.63) is 76.5 Å². The third-order valence-electron chi connectivity index (χ3n) is 3.34. The predicted octanol–water partition coefficient (Wildman–Crippen LogP) is 2.93. The van der Waals surface area contributed by atoms with Crippen LogP contribution in [0.25, 0.3) is 10.9 Å². The van der Waals surface area contributed by atoms with E-state index in [1.807, 2.05) is 0 Å². The zero-order chi connectivity index (χ0) is 15.7. The van der Waals surface area contributed by atoms with Gasteiger partial charge in [-0.05, 0) is 11.6 Å². The Hall–Kier alpha value is -2.67. The van der Waals surface area contributed by atoms with Gasteiger partial charge in [0.2, 0.25) is 10.0 Å². The van der Waals surface area contributed by atoms with Gasteiger partial charge in [0.25, 0.3) is 5.69 Å². The van der Waals surface area contributed by atoms with Gasteiger partial charge in [0, 0.05) is 17.6 Å². The van der Waals surface area contributed by atoms with E-state index in [-0.39, 0.29) is 17.0 Å². The second-order valence-corrected chi connectivity index (χ2v) is 6.67. The van der Waals surface area contributed by atoms with Gasteiger partial charge in [-0.3, -0.25) is 10.1 Å². The smallest absolute Gasteiger partial charge is 0.258 e. The molecule has 112 valence electrons. The maximum Gasteiger partial charge on any atom is 0.294 e. The minimum Gasteiger partial charge on any atom is -0.258 e. The molecular formula is C15H12N2O4S. The maximum atomic E-state index is 12.6. The molecule has 7 heteroatoms. The highest BCUT2D eigenvalue weighted by Crippen LogP contribution is 2.28.